The Balaban J connectivity index is 1.57. The summed E-state index contributed by atoms with van der Waals surface area (Å²) in [4.78, 5) is 16.5. The lowest BCUT2D eigenvalue weighted by Crippen LogP contribution is -2.17. The van der Waals surface area contributed by atoms with E-state index in [2.05, 4.69) is 17.2 Å². The van der Waals surface area contributed by atoms with Crippen molar-refractivity contribution in [1.82, 2.24) is 4.98 Å². The van der Waals surface area contributed by atoms with Gasteiger partial charge in [0.05, 0.1) is 18.1 Å². The first-order chi connectivity index (χ1) is 12.4. The molecule has 1 aromatic carbocycles. The van der Waals surface area contributed by atoms with Crippen LogP contribution in [0, 0.1) is 5.92 Å². The molecule has 1 atom stereocenters. The summed E-state index contributed by atoms with van der Waals surface area (Å²) in [6.45, 7) is 2.74. The number of carbonyl (C=O) groups is 1. The molecule has 1 amide bonds. The fourth-order valence-electron chi connectivity index (χ4n) is 2.58. The number of ether oxygens (including phenoxy) is 1. The number of benzene rings is 1. The number of hydrogen-bond acceptors (Lipinski definition) is 6. The summed E-state index contributed by atoms with van der Waals surface area (Å²) in [6.07, 6.45) is 2.66. The number of nitrogens with zero attached hydrogens (tertiary/aromatic N) is 1. The van der Waals surface area contributed by atoms with Crippen molar-refractivity contribution in [3.05, 3.63) is 41.1 Å². The van der Waals surface area contributed by atoms with Crippen LogP contribution in [-0.2, 0) is 14.6 Å². The molecule has 1 aromatic heterocycles. The molecular weight excluding hydrogens is 372 g/mol. The standard InChI is InChI=1S/C18H20N2O4S2/c1-2-8-24-15-5-3-14(4-6-15)16-11-25-18(19-16)20-17(21)10-13-7-9-26(22,23)12-13/h3-7,9,11,13H,2,8,10,12H2,1H3,(H,19,20,21). The van der Waals surface area contributed by atoms with Crippen molar-refractivity contribution in [2.45, 2.75) is 19.8 Å². The smallest absolute Gasteiger partial charge is 0.226 e. The van der Waals surface area contributed by atoms with E-state index in [1.54, 1.807) is 6.08 Å². The highest BCUT2D eigenvalue weighted by Crippen LogP contribution is 2.27. The van der Waals surface area contributed by atoms with Gasteiger partial charge < -0.3 is 10.1 Å². The maximum atomic E-state index is 12.1. The average Bonchev–Trinajstić information content (AvgIpc) is 3.19. The van der Waals surface area contributed by atoms with Gasteiger partial charge in [-0.15, -0.1) is 11.3 Å². The maximum Gasteiger partial charge on any atom is 0.226 e. The minimum atomic E-state index is -3.14. The quantitative estimate of drug-likeness (QED) is 0.780. The summed E-state index contributed by atoms with van der Waals surface area (Å²) >= 11 is 1.34. The Morgan fingerprint density at radius 1 is 1.35 bits per heavy atom. The summed E-state index contributed by atoms with van der Waals surface area (Å²) in [6, 6.07) is 7.66. The summed E-state index contributed by atoms with van der Waals surface area (Å²) in [5.41, 5.74) is 1.71. The molecule has 1 aliphatic heterocycles. The van der Waals surface area contributed by atoms with Crippen LogP contribution in [0.1, 0.15) is 19.8 Å². The Morgan fingerprint density at radius 2 is 2.12 bits per heavy atom. The van der Waals surface area contributed by atoms with Crippen LogP contribution in [0.25, 0.3) is 11.3 Å². The van der Waals surface area contributed by atoms with Gasteiger partial charge in [0.2, 0.25) is 5.91 Å². The third-order valence-corrected chi connectivity index (χ3v) is 6.05. The summed E-state index contributed by atoms with van der Waals surface area (Å²) in [5.74, 6) is 0.311. The SMILES string of the molecule is CCCOc1ccc(-c2csc(NC(=O)CC3C=CS(=O)(=O)C3)n2)cc1. The van der Waals surface area contributed by atoms with Crippen molar-refractivity contribution < 1.29 is 17.9 Å². The Hall–Kier alpha value is -2.19. The first kappa shape index (κ1) is 18.6. The van der Waals surface area contributed by atoms with Gasteiger partial charge in [-0.25, -0.2) is 13.4 Å². The highest BCUT2D eigenvalue weighted by Gasteiger charge is 2.24. The normalized spacial score (nSPS) is 18.0. The van der Waals surface area contributed by atoms with E-state index in [1.165, 1.54) is 16.7 Å². The Morgan fingerprint density at radius 3 is 2.77 bits per heavy atom. The van der Waals surface area contributed by atoms with Crippen molar-refractivity contribution in [3.63, 3.8) is 0 Å². The number of hydrogen-bond donors (Lipinski definition) is 1. The topological polar surface area (TPSA) is 85.4 Å². The highest BCUT2D eigenvalue weighted by atomic mass is 32.2. The number of nitrogens with one attached hydrogen (secondary N) is 1. The third-order valence-electron chi connectivity index (χ3n) is 3.83. The van der Waals surface area contributed by atoms with E-state index < -0.39 is 9.84 Å². The zero-order chi connectivity index (χ0) is 18.6. The minimum Gasteiger partial charge on any atom is -0.494 e. The van der Waals surface area contributed by atoms with Crippen molar-refractivity contribution in [2.75, 3.05) is 17.7 Å². The maximum absolute atomic E-state index is 12.1. The van der Waals surface area contributed by atoms with Gasteiger partial charge in [-0.3, -0.25) is 4.79 Å². The first-order valence-electron chi connectivity index (χ1n) is 8.35. The fraction of sp³-hybridized carbons (Fsp3) is 0.333. The molecule has 0 aliphatic carbocycles. The molecule has 1 unspecified atom stereocenters. The molecule has 2 aromatic rings. The number of aromatic nitrogens is 1. The minimum absolute atomic E-state index is 0.00398. The van der Waals surface area contributed by atoms with Gasteiger partial charge in [-0.1, -0.05) is 13.0 Å². The van der Waals surface area contributed by atoms with Gasteiger partial charge >= 0.3 is 0 Å². The Bertz CT molecular complexity index is 902. The highest BCUT2D eigenvalue weighted by molar-refractivity contribution is 7.94. The van der Waals surface area contributed by atoms with Crippen LogP contribution in [-0.4, -0.2) is 31.7 Å². The molecule has 0 radical (unpaired) electrons. The van der Waals surface area contributed by atoms with Crippen LogP contribution in [0.5, 0.6) is 5.75 Å². The van der Waals surface area contributed by atoms with E-state index in [9.17, 15) is 13.2 Å². The number of rotatable bonds is 7. The number of sulfone groups is 1. The van der Waals surface area contributed by atoms with E-state index >= 15 is 0 Å². The van der Waals surface area contributed by atoms with E-state index in [1.807, 2.05) is 29.6 Å². The number of allylic oxidation sites excluding steroid dienone is 1. The van der Waals surface area contributed by atoms with Gasteiger partial charge in [0.15, 0.2) is 15.0 Å². The van der Waals surface area contributed by atoms with Crippen LogP contribution in [0.4, 0.5) is 5.13 Å². The molecule has 0 saturated carbocycles. The van der Waals surface area contributed by atoms with Crippen molar-refractivity contribution in [3.8, 4) is 17.0 Å². The molecular formula is C18H20N2O4S2. The van der Waals surface area contributed by atoms with E-state index in [-0.39, 0.29) is 24.0 Å². The second-order valence-electron chi connectivity index (χ2n) is 6.08. The molecule has 1 aliphatic rings. The number of amides is 1. The van der Waals surface area contributed by atoms with Crippen LogP contribution < -0.4 is 10.1 Å². The zero-order valence-corrected chi connectivity index (χ0v) is 16.0. The number of anilines is 1. The van der Waals surface area contributed by atoms with Crippen LogP contribution in [0.3, 0.4) is 0 Å². The molecule has 138 valence electrons. The lowest BCUT2D eigenvalue weighted by molar-refractivity contribution is -0.116. The van der Waals surface area contributed by atoms with Crippen LogP contribution in [0.15, 0.2) is 41.1 Å². The molecule has 6 nitrogen and oxygen atoms in total. The van der Waals surface area contributed by atoms with Gasteiger partial charge in [-0.2, -0.15) is 0 Å². The molecule has 1 N–H and O–H groups in total. The second kappa shape index (κ2) is 8.01. The number of carbonyl (C=O) groups excluding carboxylic acids is 1. The van der Waals surface area contributed by atoms with E-state index in [4.69, 9.17) is 4.74 Å². The lowest BCUT2D eigenvalue weighted by atomic mass is 10.1. The monoisotopic (exact) mass is 392 g/mol. The molecule has 0 bridgehead atoms. The lowest BCUT2D eigenvalue weighted by Gasteiger charge is -2.06. The van der Waals surface area contributed by atoms with E-state index in [0.717, 1.165) is 23.4 Å². The molecule has 8 heteroatoms. The Kier molecular flexibility index (Phi) is 5.73. The Labute approximate surface area is 156 Å². The van der Waals surface area contributed by atoms with Gasteiger partial charge in [0.1, 0.15) is 5.75 Å². The van der Waals surface area contributed by atoms with Crippen molar-refractivity contribution in [2.24, 2.45) is 5.92 Å². The molecule has 3 rings (SSSR count). The summed E-state index contributed by atoms with van der Waals surface area (Å²) < 4.78 is 28.3. The van der Waals surface area contributed by atoms with Gasteiger partial charge in [0, 0.05) is 28.7 Å². The van der Waals surface area contributed by atoms with Crippen molar-refractivity contribution >= 4 is 32.2 Å². The molecule has 26 heavy (non-hydrogen) atoms. The molecule has 0 saturated heterocycles. The average molecular weight is 393 g/mol. The number of thiazole rings is 1. The zero-order valence-electron chi connectivity index (χ0n) is 14.3. The van der Waals surface area contributed by atoms with Crippen LogP contribution in [0.2, 0.25) is 0 Å². The predicted molar refractivity (Wildman–Crippen MR) is 103 cm³/mol. The fourth-order valence-corrected chi connectivity index (χ4v) is 4.72. The predicted octanol–water partition coefficient (Wildman–Crippen LogP) is 3.49. The first-order valence-corrected chi connectivity index (χ1v) is 10.9. The third kappa shape index (κ3) is 4.92. The summed E-state index contributed by atoms with van der Waals surface area (Å²) in [7, 11) is -3.14. The van der Waals surface area contributed by atoms with Crippen LogP contribution >= 0.6 is 11.3 Å². The van der Waals surface area contributed by atoms with E-state index in [0.29, 0.717) is 11.7 Å². The molecule has 2 heterocycles. The molecule has 0 spiro atoms. The van der Waals surface area contributed by atoms with Gasteiger partial charge in [-0.05, 0) is 30.7 Å². The summed E-state index contributed by atoms with van der Waals surface area (Å²) in [5, 5.41) is 6.30. The van der Waals surface area contributed by atoms with Crippen molar-refractivity contribution in [1.29, 1.82) is 0 Å². The molecule has 0 fully saturated rings. The largest absolute Gasteiger partial charge is 0.494 e. The second-order valence-corrected chi connectivity index (χ2v) is 8.87. The van der Waals surface area contributed by atoms with Gasteiger partial charge in [0.25, 0.3) is 0 Å².